The number of benzene rings is 2. The summed E-state index contributed by atoms with van der Waals surface area (Å²) in [6, 6.07) is 16.7. The number of para-hydroxylation sites is 1. The highest BCUT2D eigenvalue weighted by Gasteiger charge is 2.40. The normalized spacial score (nSPS) is 18.9. The van der Waals surface area contributed by atoms with Gasteiger partial charge in [0.1, 0.15) is 12.3 Å². The summed E-state index contributed by atoms with van der Waals surface area (Å²) in [5.74, 6) is -0.264. The third-order valence-electron chi connectivity index (χ3n) is 4.16. The molecular weight excluding hydrogens is 364 g/mol. The maximum atomic E-state index is 13.2. The number of amides is 1. The average molecular weight is 382 g/mol. The molecule has 0 spiro atoms. The predicted molar refractivity (Wildman–Crippen MR) is 102 cm³/mol. The maximum Gasteiger partial charge on any atom is 0.303 e. The molecule has 3 rings (SSSR count). The largest absolute Gasteiger partial charge is 0.497 e. The number of hydrogen-bond acceptors (Lipinski definition) is 6. The number of methoxy groups -OCH3 is 1. The van der Waals surface area contributed by atoms with Crippen LogP contribution in [0.3, 0.4) is 0 Å². The van der Waals surface area contributed by atoms with Crippen LogP contribution in [0, 0.1) is 11.3 Å². The molecule has 2 atom stereocenters. The van der Waals surface area contributed by atoms with Crippen LogP contribution in [0.5, 0.6) is 5.75 Å². The van der Waals surface area contributed by atoms with Gasteiger partial charge in [-0.15, -0.1) is 11.8 Å². The number of rotatable bonds is 4. The van der Waals surface area contributed by atoms with Gasteiger partial charge in [-0.2, -0.15) is 5.26 Å². The first-order valence-electron chi connectivity index (χ1n) is 8.30. The molecule has 1 amide bonds. The summed E-state index contributed by atoms with van der Waals surface area (Å²) in [4.78, 5) is 27.1. The Morgan fingerprint density at radius 2 is 1.93 bits per heavy atom. The van der Waals surface area contributed by atoms with Gasteiger partial charge in [-0.3, -0.25) is 14.5 Å². The number of nitriles is 1. The summed E-state index contributed by atoms with van der Waals surface area (Å²) in [5, 5.41) is 8.74. The van der Waals surface area contributed by atoms with E-state index in [1.54, 1.807) is 25.3 Å². The quantitative estimate of drug-likeness (QED) is 0.596. The zero-order chi connectivity index (χ0) is 19.4. The smallest absolute Gasteiger partial charge is 0.303 e. The molecule has 0 radical (unpaired) electrons. The zero-order valence-corrected chi connectivity index (χ0v) is 15.7. The fourth-order valence-corrected chi connectivity index (χ4v) is 4.26. The van der Waals surface area contributed by atoms with Crippen molar-refractivity contribution in [2.24, 2.45) is 0 Å². The minimum atomic E-state index is -1.04. The van der Waals surface area contributed by atoms with Crippen molar-refractivity contribution in [1.82, 2.24) is 0 Å². The number of thioether (sulfide) groups is 1. The lowest BCUT2D eigenvalue weighted by atomic mass is 10.1. The molecule has 138 valence electrons. The van der Waals surface area contributed by atoms with E-state index >= 15 is 0 Å². The molecule has 27 heavy (non-hydrogen) atoms. The topological polar surface area (TPSA) is 79.6 Å². The van der Waals surface area contributed by atoms with Gasteiger partial charge >= 0.3 is 5.97 Å². The van der Waals surface area contributed by atoms with Crippen LogP contribution in [0.25, 0.3) is 0 Å². The summed E-state index contributed by atoms with van der Waals surface area (Å²) >= 11 is 1.44. The van der Waals surface area contributed by atoms with Crippen molar-refractivity contribution < 1.29 is 19.1 Å². The molecular formula is C20H18N2O4S. The van der Waals surface area contributed by atoms with Crippen molar-refractivity contribution >= 4 is 29.3 Å². The fraction of sp³-hybridized carbons (Fsp3) is 0.250. The summed E-state index contributed by atoms with van der Waals surface area (Å²) < 4.78 is 10.6. The Kier molecular flexibility index (Phi) is 5.67. The number of nitrogens with zero attached hydrogens (tertiary/aromatic N) is 2. The van der Waals surface area contributed by atoms with Gasteiger partial charge in [0.2, 0.25) is 0 Å². The van der Waals surface area contributed by atoms with Crippen LogP contribution in [0.4, 0.5) is 5.69 Å². The van der Waals surface area contributed by atoms with Crippen molar-refractivity contribution in [2.75, 3.05) is 18.6 Å². The van der Waals surface area contributed by atoms with Crippen molar-refractivity contribution in [1.29, 1.82) is 5.26 Å². The van der Waals surface area contributed by atoms with Gasteiger partial charge in [-0.1, -0.05) is 24.3 Å². The Balaban J connectivity index is 2.10. The summed E-state index contributed by atoms with van der Waals surface area (Å²) in [6.07, 6.45) is -1.04. The van der Waals surface area contributed by atoms with Crippen LogP contribution in [-0.4, -0.2) is 31.6 Å². The maximum absolute atomic E-state index is 13.2. The third-order valence-corrected chi connectivity index (χ3v) is 5.53. The minimum Gasteiger partial charge on any atom is -0.497 e. The average Bonchev–Trinajstić information content (AvgIpc) is 2.78. The molecule has 2 aromatic carbocycles. The highest BCUT2D eigenvalue weighted by atomic mass is 32.2. The van der Waals surface area contributed by atoms with Gasteiger partial charge < -0.3 is 9.47 Å². The number of anilines is 1. The molecule has 7 heteroatoms. The van der Waals surface area contributed by atoms with Crippen LogP contribution in [0.15, 0.2) is 53.4 Å². The van der Waals surface area contributed by atoms with Crippen molar-refractivity contribution in [3.63, 3.8) is 0 Å². The Hall–Kier alpha value is -2.98. The van der Waals surface area contributed by atoms with Crippen LogP contribution in [0.2, 0.25) is 0 Å². The van der Waals surface area contributed by atoms with Crippen LogP contribution in [-0.2, 0) is 14.3 Å². The number of carbonyl (C=O) groups excluding carboxylic acids is 2. The molecule has 2 unspecified atom stereocenters. The summed E-state index contributed by atoms with van der Waals surface area (Å²) in [5.41, 5.74) is 1.47. The van der Waals surface area contributed by atoms with Crippen molar-refractivity contribution in [2.45, 2.75) is 23.2 Å². The Morgan fingerprint density at radius 1 is 1.22 bits per heavy atom. The fourth-order valence-electron chi connectivity index (χ4n) is 2.94. The highest BCUT2D eigenvalue weighted by molar-refractivity contribution is 7.99. The summed E-state index contributed by atoms with van der Waals surface area (Å²) in [6.45, 7) is 1.15. The molecule has 0 saturated heterocycles. The predicted octanol–water partition coefficient (Wildman–Crippen LogP) is 3.33. The van der Waals surface area contributed by atoms with E-state index in [0.717, 1.165) is 10.5 Å². The van der Waals surface area contributed by atoms with E-state index in [9.17, 15) is 14.9 Å². The van der Waals surface area contributed by atoms with E-state index in [1.807, 2.05) is 36.4 Å². The van der Waals surface area contributed by atoms with Crippen molar-refractivity contribution in [3.8, 4) is 11.8 Å². The van der Waals surface area contributed by atoms with E-state index in [0.29, 0.717) is 11.4 Å². The standard InChI is InChI=1S/C20H18N2O4S/c1-13(23)26-18-19(14-7-9-15(25-2)10-8-14)27-17-6-4-3-5-16(17)22(12-11-21)20(18)24/h3-10,18-19H,12H2,1-2H3. The van der Waals surface area contributed by atoms with Crippen LogP contribution in [0.1, 0.15) is 17.7 Å². The summed E-state index contributed by atoms with van der Waals surface area (Å²) in [7, 11) is 1.58. The van der Waals surface area contributed by atoms with E-state index in [-0.39, 0.29) is 6.54 Å². The lowest BCUT2D eigenvalue weighted by Crippen LogP contribution is -2.42. The van der Waals surface area contributed by atoms with E-state index in [4.69, 9.17) is 9.47 Å². The van der Waals surface area contributed by atoms with E-state index in [2.05, 4.69) is 0 Å². The molecule has 2 aromatic rings. The van der Waals surface area contributed by atoms with Crippen LogP contribution >= 0.6 is 11.8 Å². The third kappa shape index (κ3) is 3.91. The lowest BCUT2D eigenvalue weighted by Gasteiger charge is -2.26. The molecule has 0 aliphatic carbocycles. The number of hydrogen-bond donors (Lipinski definition) is 0. The van der Waals surface area contributed by atoms with Crippen molar-refractivity contribution in [3.05, 3.63) is 54.1 Å². The molecule has 0 bridgehead atoms. The second-order valence-electron chi connectivity index (χ2n) is 5.89. The SMILES string of the molecule is COc1ccc(C2Sc3ccccc3N(CC#N)C(=O)C2OC(C)=O)cc1. The molecule has 0 saturated carbocycles. The molecule has 1 aliphatic rings. The van der Waals surface area contributed by atoms with Gasteiger partial charge in [0.05, 0.1) is 24.1 Å². The monoisotopic (exact) mass is 382 g/mol. The van der Waals surface area contributed by atoms with E-state index < -0.39 is 23.2 Å². The zero-order valence-electron chi connectivity index (χ0n) is 14.9. The molecule has 0 aromatic heterocycles. The Bertz CT molecular complexity index is 892. The lowest BCUT2D eigenvalue weighted by molar-refractivity contribution is -0.152. The Morgan fingerprint density at radius 3 is 2.56 bits per heavy atom. The van der Waals surface area contributed by atoms with Gasteiger partial charge in [-0.25, -0.2) is 0 Å². The van der Waals surface area contributed by atoms with Gasteiger partial charge in [-0.05, 0) is 29.8 Å². The molecule has 0 fully saturated rings. The van der Waals surface area contributed by atoms with Gasteiger partial charge in [0.15, 0.2) is 6.10 Å². The first-order chi connectivity index (χ1) is 13.0. The first kappa shape index (κ1) is 18.8. The molecule has 0 N–H and O–H groups in total. The first-order valence-corrected chi connectivity index (χ1v) is 9.18. The minimum absolute atomic E-state index is 0.122. The molecule has 6 nitrogen and oxygen atoms in total. The number of fused-ring (bicyclic) bond motifs is 1. The van der Waals surface area contributed by atoms with Gasteiger partial charge in [0, 0.05) is 11.8 Å². The number of carbonyl (C=O) groups is 2. The molecule has 1 aliphatic heterocycles. The second kappa shape index (κ2) is 8.14. The second-order valence-corrected chi connectivity index (χ2v) is 7.08. The van der Waals surface area contributed by atoms with E-state index in [1.165, 1.54) is 23.6 Å². The van der Waals surface area contributed by atoms with Gasteiger partial charge in [0.25, 0.3) is 5.91 Å². The molecule has 1 heterocycles. The number of ether oxygens (including phenoxy) is 2. The van der Waals surface area contributed by atoms with Crippen LogP contribution < -0.4 is 9.64 Å². The highest BCUT2D eigenvalue weighted by Crippen LogP contribution is 2.46. The number of esters is 1. The Labute approximate surface area is 161 Å².